The Balaban J connectivity index is 0.000000404. The molecule has 9 nitrogen and oxygen atoms in total. The van der Waals surface area contributed by atoms with E-state index in [2.05, 4.69) is 35.9 Å². The molecule has 210 valence electrons. The average molecular weight is 544 g/mol. The van der Waals surface area contributed by atoms with Crippen LogP contribution in [0.15, 0.2) is 6.07 Å². The molecular formula is C22H30F6N4O5. The van der Waals surface area contributed by atoms with E-state index in [1.165, 1.54) is 18.4 Å². The maximum Gasteiger partial charge on any atom is 0.490 e. The SMILES string of the molecule is CC(C)CNc1nc2c(cc1C(=O)NCC1CC1)CCNCC2.O=C(O)C(F)(F)F.O=C(O)C(F)(F)F. The lowest BCUT2D eigenvalue weighted by Gasteiger charge is -2.16. The molecule has 1 saturated carbocycles. The zero-order valence-electron chi connectivity index (χ0n) is 20.2. The minimum absolute atomic E-state index is 0.00987. The van der Waals surface area contributed by atoms with E-state index < -0.39 is 24.3 Å². The molecule has 0 atom stereocenters. The van der Waals surface area contributed by atoms with E-state index in [0.29, 0.717) is 17.4 Å². The zero-order chi connectivity index (χ0) is 28.4. The number of anilines is 1. The van der Waals surface area contributed by atoms with Crippen molar-refractivity contribution < 1.29 is 50.9 Å². The van der Waals surface area contributed by atoms with Gasteiger partial charge in [0.05, 0.1) is 5.56 Å². The predicted octanol–water partition coefficient (Wildman–Crippen LogP) is 3.24. The van der Waals surface area contributed by atoms with Crippen molar-refractivity contribution in [2.75, 3.05) is 31.5 Å². The smallest absolute Gasteiger partial charge is 0.475 e. The first kappa shape index (κ1) is 31.9. The minimum Gasteiger partial charge on any atom is -0.475 e. The molecule has 2 aliphatic rings. The topological polar surface area (TPSA) is 141 Å². The predicted molar refractivity (Wildman–Crippen MR) is 120 cm³/mol. The average Bonchev–Trinajstić information content (AvgIpc) is 3.62. The van der Waals surface area contributed by atoms with E-state index in [9.17, 15) is 31.1 Å². The highest BCUT2D eigenvalue weighted by Crippen LogP contribution is 2.28. The Morgan fingerprint density at radius 3 is 2.00 bits per heavy atom. The van der Waals surface area contributed by atoms with Gasteiger partial charge in [-0.25, -0.2) is 14.6 Å². The van der Waals surface area contributed by atoms with Crippen LogP contribution in [0.1, 0.15) is 48.3 Å². The lowest BCUT2D eigenvalue weighted by Crippen LogP contribution is -2.27. The number of carboxylic acids is 2. The number of carbonyl (C=O) groups is 3. The fourth-order valence-corrected chi connectivity index (χ4v) is 2.84. The number of hydrogen-bond donors (Lipinski definition) is 5. The zero-order valence-corrected chi connectivity index (χ0v) is 20.2. The molecule has 0 unspecified atom stereocenters. The molecule has 1 aliphatic carbocycles. The molecule has 1 aromatic rings. The number of nitrogens with zero attached hydrogens (tertiary/aromatic N) is 1. The quantitative estimate of drug-likeness (QED) is 0.344. The highest BCUT2D eigenvalue weighted by Gasteiger charge is 2.38. The van der Waals surface area contributed by atoms with Crippen molar-refractivity contribution >= 4 is 23.7 Å². The molecule has 37 heavy (non-hydrogen) atoms. The number of aliphatic carboxylic acids is 2. The highest BCUT2D eigenvalue weighted by atomic mass is 19.4. The van der Waals surface area contributed by atoms with Crippen LogP contribution < -0.4 is 16.0 Å². The van der Waals surface area contributed by atoms with E-state index in [1.54, 1.807) is 0 Å². The van der Waals surface area contributed by atoms with E-state index >= 15 is 0 Å². The molecule has 3 rings (SSSR count). The van der Waals surface area contributed by atoms with Crippen molar-refractivity contribution in [2.24, 2.45) is 11.8 Å². The van der Waals surface area contributed by atoms with Crippen LogP contribution in [-0.2, 0) is 22.4 Å². The second-order valence-corrected chi connectivity index (χ2v) is 8.77. The van der Waals surface area contributed by atoms with E-state index in [1.807, 2.05) is 0 Å². The summed E-state index contributed by atoms with van der Waals surface area (Å²) in [5.41, 5.74) is 3.04. The summed E-state index contributed by atoms with van der Waals surface area (Å²) in [5, 5.41) is 24.1. The van der Waals surface area contributed by atoms with Crippen LogP contribution >= 0.6 is 0 Å². The van der Waals surface area contributed by atoms with Crippen molar-refractivity contribution in [2.45, 2.75) is 51.9 Å². The second-order valence-electron chi connectivity index (χ2n) is 8.77. The maximum absolute atomic E-state index is 12.6. The fourth-order valence-electron chi connectivity index (χ4n) is 2.84. The van der Waals surface area contributed by atoms with Crippen molar-refractivity contribution in [3.8, 4) is 0 Å². The summed E-state index contributed by atoms with van der Waals surface area (Å²) >= 11 is 0. The Labute approximate surface area is 209 Å². The summed E-state index contributed by atoms with van der Waals surface area (Å²) in [4.78, 5) is 35.2. The van der Waals surface area contributed by atoms with E-state index in [-0.39, 0.29) is 5.91 Å². The largest absolute Gasteiger partial charge is 0.490 e. The van der Waals surface area contributed by atoms with Gasteiger partial charge in [0.15, 0.2) is 0 Å². The molecule has 1 aromatic heterocycles. The van der Waals surface area contributed by atoms with Crippen LogP contribution in [0.25, 0.3) is 0 Å². The molecule has 0 aromatic carbocycles. The number of aromatic nitrogens is 1. The molecule has 0 bridgehead atoms. The Bertz CT molecular complexity index is 909. The third kappa shape index (κ3) is 12.6. The minimum atomic E-state index is -5.08. The number of carboxylic acid groups (broad SMARTS) is 2. The number of alkyl halides is 6. The second kappa shape index (κ2) is 14.0. The summed E-state index contributed by atoms with van der Waals surface area (Å²) < 4.78 is 63.5. The molecule has 15 heteroatoms. The summed E-state index contributed by atoms with van der Waals surface area (Å²) in [5.74, 6) is -3.56. The van der Waals surface area contributed by atoms with Gasteiger partial charge in [-0.2, -0.15) is 26.3 Å². The summed E-state index contributed by atoms with van der Waals surface area (Å²) in [6.45, 7) is 7.85. The highest BCUT2D eigenvalue weighted by molar-refractivity contribution is 5.99. The van der Waals surface area contributed by atoms with Gasteiger partial charge in [-0.3, -0.25) is 4.79 Å². The number of nitrogens with one attached hydrogen (secondary N) is 3. The number of rotatable bonds is 6. The Kier molecular flexibility index (Phi) is 12.1. The molecule has 1 aliphatic heterocycles. The Morgan fingerprint density at radius 1 is 1.03 bits per heavy atom. The molecular weight excluding hydrogens is 514 g/mol. The van der Waals surface area contributed by atoms with Crippen LogP contribution in [0.4, 0.5) is 32.2 Å². The molecule has 2 heterocycles. The van der Waals surface area contributed by atoms with Gasteiger partial charge in [-0.1, -0.05) is 13.8 Å². The maximum atomic E-state index is 12.6. The van der Waals surface area contributed by atoms with E-state index in [4.69, 9.17) is 24.8 Å². The van der Waals surface area contributed by atoms with Crippen LogP contribution in [0, 0.1) is 11.8 Å². The lowest BCUT2D eigenvalue weighted by molar-refractivity contribution is -0.193. The third-order valence-electron chi connectivity index (χ3n) is 4.96. The Morgan fingerprint density at radius 2 is 1.54 bits per heavy atom. The monoisotopic (exact) mass is 544 g/mol. The lowest BCUT2D eigenvalue weighted by atomic mass is 10.0. The summed E-state index contributed by atoms with van der Waals surface area (Å²) in [6, 6.07) is 2.06. The molecule has 0 saturated heterocycles. The number of hydrogen-bond acceptors (Lipinski definition) is 6. The van der Waals surface area contributed by atoms with Crippen LogP contribution in [0.3, 0.4) is 0 Å². The number of amides is 1. The molecule has 5 N–H and O–H groups in total. The van der Waals surface area contributed by atoms with Crippen LogP contribution in [0.2, 0.25) is 0 Å². The first-order valence-electron chi connectivity index (χ1n) is 11.4. The van der Waals surface area contributed by atoms with Crippen molar-refractivity contribution in [1.29, 1.82) is 0 Å². The molecule has 1 amide bonds. The van der Waals surface area contributed by atoms with Gasteiger partial charge < -0.3 is 26.2 Å². The standard InChI is InChI=1S/C18H28N4O.2C2HF3O2/c1-12(2)10-20-17-15(18(23)21-11-13-3-4-13)9-14-5-7-19-8-6-16(14)22-17;2*3-2(4,5)1(6)7/h9,12-13,19H,3-8,10-11H2,1-2H3,(H,20,22)(H,21,23);2*(H,6,7). The van der Waals surface area contributed by atoms with Gasteiger partial charge in [0.1, 0.15) is 5.82 Å². The molecule has 0 spiro atoms. The van der Waals surface area contributed by atoms with Crippen molar-refractivity contribution in [3.63, 3.8) is 0 Å². The normalized spacial score (nSPS) is 15.2. The first-order valence-corrected chi connectivity index (χ1v) is 11.4. The summed E-state index contributed by atoms with van der Waals surface area (Å²) in [6.07, 6.45) is -5.81. The van der Waals surface area contributed by atoms with Gasteiger partial charge in [-0.15, -0.1) is 0 Å². The number of fused-ring (bicyclic) bond motifs is 1. The fraction of sp³-hybridized carbons (Fsp3) is 0.636. The summed E-state index contributed by atoms with van der Waals surface area (Å²) in [7, 11) is 0. The van der Waals surface area contributed by atoms with Crippen LogP contribution in [-0.4, -0.2) is 71.6 Å². The number of carbonyl (C=O) groups excluding carboxylic acids is 1. The molecule has 1 fully saturated rings. The first-order chi connectivity index (χ1) is 17.0. The third-order valence-corrected chi connectivity index (χ3v) is 4.96. The number of halogens is 6. The Hall–Kier alpha value is -3.10. The van der Waals surface area contributed by atoms with Gasteiger partial charge in [-0.05, 0) is 49.3 Å². The van der Waals surface area contributed by atoms with Crippen molar-refractivity contribution in [1.82, 2.24) is 15.6 Å². The molecule has 0 radical (unpaired) electrons. The number of pyridine rings is 1. The van der Waals surface area contributed by atoms with Gasteiger partial charge >= 0.3 is 24.3 Å². The van der Waals surface area contributed by atoms with Gasteiger partial charge in [0.2, 0.25) is 0 Å². The van der Waals surface area contributed by atoms with E-state index in [0.717, 1.165) is 50.5 Å². The van der Waals surface area contributed by atoms with Crippen LogP contribution in [0.5, 0.6) is 0 Å². The van der Waals surface area contributed by atoms with Gasteiger partial charge in [0.25, 0.3) is 5.91 Å². The van der Waals surface area contributed by atoms with Crippen molar-refractivity contribution in [3.05, 3.63) is 22.9 Å². The van der Waals surface area contributed by atoms with Gasteiger partial charge in [0, 0.05) is 31.7 Å².